The van der Waals surface area contributed by atoms with Crippen LogP contribution in [0.4, 0.5) is 0 Å². The number of carboxylic acids is 1. The fourth-order valence-electron chi connectivity index (χ4n) is 2.79. The van der Waals surface area contributed by atoms with Gasteiger partial charge in [-0.2, -0.15) is 0 Å². The van der Waals surface area contributed by atoms with E-state index in [1.54, 1.807) is 7.11 Å². The predicted octanol–water partition coefficient (Wildman–Crippen LogP) is 3.12. The van der Waals surface area contributed by atoms with E-state index in [0.29, 0.717) is 13.0 Å². The van der Waals surface area contributed by atoms with E-state index in [0.717, 1.165) is 17.7 Å². The summed E-state index contributed by atoms with van der Waals surface area (Å²) in [4.78, 5) is 11.1. The van der Waals surface area contributed by atoms with Crippen LogP contribution in [-0.4, -0.2) is 24.7 Å². The Morgan fingerprint density at radius 1 is 1.48 bits per heavy atom. The third kappa shape index (κ3) is 3.21. The normalized spacial score (nSPS) is 22.3. The smallest absolute Gasteiger partial charge is 0.307 e. The van der Waals surface area contributed by atoms with E-state index in [1.165, 1.54) is 5.56 Å². The molecule has 0 radical (unpaired) electrons. The van der Waals surface area contributed by atoms with Crippen LogP contribution in [0.15, 0.2) is 18.2 Å². The molecule has 1 fully saturated rings. The lowest BCUT2D eigenvalue weighted by Crippen LogP contribution is -2.19. The van der Waals surface area contributed by atoms with Crippen LogP contribution < -0.4 is 10.1 Å². The lowest BCUT2D eigenvalue weighted by molar-refractivity contribution is -0.141. The van der Waals surface area contributed by atoms with Crippen molar-refractivity contribution in [1.82, 2.24) is 5.32 Å². The zero-order valence-electron chi connectivity index (χ0n) is 13.3. The molecule has 0 aliphatic carbocycles. The molecule has 21 heavy (non-hydrogen) atoms. The van der Waals surface area contributed by atoms with Crippen molar-refractivity contribution in [3.8, 4) is 5.75 Å². The number of carboxylic acid groups (broad SMARTS) is 1. The van der Waals surface area contributed by atoms with Crippen molar-refractivity contribution in [3.05, 3.63) is 29.3 Å². The second-order valence-corrected chi connectivity index (χ2v) is 6.43. The molecule has 1 heterocycles. The molecule has 1 saturated heterocycles. The second kappa shape index (κ2) is 6.06. The van der Waals surface area contributed by atoms with Gasteiger partial charge >= 0.3 is 5.97 Å². The topological polar surface area (TPSA) is 58.6 Å². The monoisotopic (exact) mass is 291 g/mol. The molecule has 2 atom stereocenters. The molecule has 1 aliphatic heterocycles. The number of rotatable bonds is 5. The van der Waals surface area contributed by atoms with Crippen LogP contribution in [0.25, 0.3) is 0 Å². The van der Waals surface area contributed by atoms with Crippen LogP contribution >= 0.6 is 0 Å². The molecule has 4 nitrogen and oxygen atoms in total. The summed E-state index contributed by atoms with van der Waals surface area (Å²) < 4.78 is 5.47. The second-order valence-electron chi connectivity index (χ2n) is 6.43. The lowest BCUT2D eigenvalue weighted by Gasteiger charge is -2.26. The van der Waals surface area contributed by atoms with E-state index in [-0.39, 0.29) is 17.4 Å². The summed E-state index contributed by atoms with van der Waals surface area (Å²) in [5.74, 6) is -0.217. The molecule has 0 saturated carbocycles. The third-order valence-corrected chi connectivity index (χ3v) is 4.75. The van der Waals surface area contributed by atoms with Crippen molar-refractivity contribution in [2.45, 2.75) is 45.1 Å². The highest BCUT2D eigenvalue weighted by atomic mass is 16.5. The average Bonchev–Trinajstić information content (AvgIpc) is 2.96. The first-order chi connectivity index (χ1) is 9.89. The summed E-state index contributed by atoms with van der Waals surface area (Å²) in [6, 6.07) is 6.33. The van der Waals surface area contributed by atoms with Gasteiger partial charge in [0.25, 0.3) is 0 Å². The van der Waals surface area contributed by atoms with E-state index >= 15 is 0 Å². The summed E-state index contributed by atoms with van der Waals surface area (Å²) in [5.41, 5.74) is 2.44. The maximum atomic E-state index is 11.1. The zero-order chi connectivity index (χ0) is 15.6. The number of nitrogens with one attached hydrogen (secondary N) is 1. The van der Waals surface area contributed by atoms with Gasteiger partial charge in [-0.1, -0.05) is 26.8 Å². The minimum atomic E-state index is -0.728. The van der Waals surface area contributed by atoms with Crippen LogP contribution in [0.2, 0.25) is 0 Å². The van der Waals surface area contributed by atoms with Gasteiger partial charge in [-0.25, -0.2) is 0 Å². The van der Waals surface area contributed by atoms with Gasteiger partial charge in [0.05, 0.1) is 13.0 Å². The van der Waals surface area contributed by atoms with Crippen LogP contribution in [0.1, 0.15) is 50.8 Å². The Balaban J connectivity index is 2.33. The highest BCUT2D eigenvalue weighted by molar-refractivity contribution is 5.71. The van der Waals surface area contributed by atoms with Crippen LogP contribution in [0, 0.1) is 5.92 Å². The molecule has 0 aromatic heterocycles. The van der Waals surface area contributed by atoms with Crippen molar-refractivity contribution in [1.29, 1.82) is 0 Å². The predicted molar refractivity (Wildman–Crippen MR) is 82.8 cm³/mol. The van der Waals surface area contributed by atoms with Crippen LogP contribution in [0.5, 0.6) is 5.75 Å². The minimum Gasteiger partial charge on any atom is -0.496 e. The van der Waals surface area contributed by atoms with Gasteiger partial charge in [-0.3, -0.25) is 4.79 Å². The maximum absolute atomic E-state index is 11.1. The quantitative estimate of drug-likeness (QED) is 0.875. The average molecular weight is 291 g/mol. The number of aliphatic carboxylic acids is 1. The molecule has 2 unspecified atom stereocenters. The molecule has 1 aliphatic rings. The van der Waals surface area contributed by atoms with Crippen molar-refractivity contribution < 1.29 is 14.6 Å². The Labute approximate surface area is 126 Å². The van der Waals surface area contributed by atoms with E-state index < -0.39 is 5.97 Å². The SMILES string of the molecule is CCC(C)(C)c1ccc(OC)c(C2CC(C(=O)O)CN2)c1. The highest BCUT2D eigenvalue weighted by Gasteiger charge is 2.32. The Kier molecular flexibility index (Phi) is 4.57. The fourth-order valence-corrected chi connectivity index (χ4v) is 2.79. The zero-order valence-corrected chi connectivity index (χ0v) is 13.3. The fraction of sp³-hybridized carbons (Fsp3) is 0.588. The van der Waals surface area contributed by atoms with Crippen molar-refractivity contribution in [3.63, 3.8) is 0 Å². The molecule has 1 aromatic rings. The molecule has 2 rings (SSSR count). The molecular formula is C17H25NO3. The third-order valence-electron chi connectivity index (χ3n) is 4.75. The molecule has 0 spiro atoms. The number of ether oxygens (including phenoxy) is 1. The number of hydrogen-bond donors (Lipinski definition) is 2. The Bertz CT molecular complexity index is 525. The Morgan fingerprint density at radius 2 is 2.19 bits per heavy atom. The molecule has 0 bridgehead atoms. The molecule has 2 N–H and O–H groups in total. The van der Waals surface area contributed by atoms with Gasteiger partial charge in [0.1, 0.15) is 5.75 Å². The molecule has 116 valence electrons. The molecule has 0 amide bonds. The Hall–Kier alpha value is -1.55. The van der Waals surface area contributed by atoms with Gasteiger partial charge in [-0.05, 0) is 36.0 Å². The highest BCUT2D eigenvalue weighted by Crippen LogP contribution is 2.37. The number of hydrogen-bond acceptors (Lipinski definition) is 3. The summed E-state index contributed by atoms with van der Waals surface area (Å²) in [7, 11) is 1.66. The molecular weight excluding hydrogens is 266 g/mol. The lowest BCUT2D eigenvalue weighted by atomic mass is 9.81. The van der Waals surface area contributed by atoms with E-state index in [2.05, 4.69) is 38.2 Å². The minimum absolute atomic E-state index is 0.0497. The Morgan fingerprint density at radius 3 is 2.71 bits per heavy atom. The van der Waals surface area contributed by atoms with Crippen molar-refractivity contribution >= 4 is 5.97 Å². The van der Waals surface area contributed by atoms with Crippen LogP contribution in [-0.2, 0) is 10.2 Å². The number of methoxy groups -OCH3 is 1. The van der Waals surface area contributed by atoms with Crippen molar-refractivity contribution in [2.24, 2.45) is 5.92 Å². The van der Waals surface area contributed by atoms with Gasteiger partial charge in [0, 0.05) is 18.2 Å². The standard InChI is InChI=1S/C17H25NO3/c1-5-17(2,3)12-6-7-15(21-4)13(9-12)14-8-11(10-18-14)16(19)20/h6-7,9,11,14,18H,5,8,10H2,1-4H3,(H,19,20). The summed E-state index contributed by atoms with van der Waals surface area (Å²) >= 11 is 0. The summed E-state index contributed by atoms with van der Waals surface area (Å²) in [6.07, 6.45) is 1.66. The van der Waals surface area contributed by atoms with E-state index in [1.807, 2.05) is 6.07 Å². The van der Waals surface area contributed by atoms with Gasteiger partial charge in [-0.15, -0.1) is 0 Å². The van der Waals surface area contributed by atoms with Crippen LogP contribution in [0.3, 0.4) is 0 Å². The number of carbonyl (C=O) groups is 1. The molecule has 1 aromatic carbocycles. The largest absolute Gasteiger partial charge is 0.496 e. The maximum Gasteiger partial charge on any atom is 0.307 e. The van der Waals surface area contributed by atoms with Gasteiger partial charge in [0.2, 0.25) is 0 Å². The first kappa shape index (κ1) is 15.8. The van der Waals surface area contributed by atoms with E-state index in [9.17, 15) is 4.79 Å². The van der Waals surface area contributed by atoms with Gasteiger partial charge < -0.3 is 15.2 Å². The first-order valence-corrected chi connectivity index (χ1v) is 7.53. The summed E-state index contributed by atoms with van der Waals surface area (Å²) in [5, 5.41) is 12.5. The first-order valence-electron chi connectivity index (χ1n) is 7.53. The van der Waals surface area contributed by atoms with Crippen molar-refractivity contribution in [2.75, 3.05) is 13.7 Å². The number of benzene rings is 1. The molecule has 4 heteroatoms. The van der Waals surface area contributed by atoms with E-state index in [4.69, 9.17) is 9.84 Å². The van der Waals surface area contributed by atoms with Gasteiger partial charge in [0.15, 0.2) is 0 Å². The summed E-state index contributed by atoms with van der Waals surface area (Å²) in [6.45, 7) is 7.14.